The monoisotopic (exact) mass is 379 g/mol. The van der Waals surface area contributed by atoms with Crippen LogP contribution in [0.1, 0.15) is 5.56 Å². The topological polar surface area (TPSA) is 101 Å². The largest absolute Gasteiger partial charge is 0.360 e. The summed E-state index contributed by atoms with van der Waals surface area (Å²) in [6.45, 7) is 0. The average Bonchev–Trinajstić information content (AvgIpc) is 2.76. The molecule has 0 unspecified atom stereocenters. The lowest BCUT2D eigenvalue weighted by molar-refractivity contribution is -0.112. The highest BCUT2D eigenvalue weighted by Gasteiger charge is 2.11. The molecule has 6 nitrogen and oxygen atoms in total. The maximum absolute atomic E-state index is 12.3. The van der Waals surface area contributed by atoms with Gasteiger partial charge in [0.25, 0.3) is 5.91 Å². The zero-order valence-electron chi connectivity index (χ0n) is 15.4. The maximum atomic E-state index is 12.3. The van der Waals surface area contributed by atoms with Crippen molar-refractivity contribution in [1.82, 2.24) is 0 Å². The van der Waals surface area contributed by atoms with Gasteiger partial charge < -0.3 is 16.0 Å². The van der Waals surface area contributed by atoms with Gasteiger partial charge in [0.1, 0.15) is 17.7 Å². The Morgan fingerprint density at radius 3 is 2.10 bits per heavy atom. The molecule has 0 bridgehead atoms. The van der Waals surface area contributed by atoms with Crippen molar-refractivity contribution in [2.45, 2.75) is 0 Å². The van der Waals surface area contributed by atoms with E-state index in [0.29, 0.717) is 11.3 Å². The van der Waals surface area contributed by atoms with E-state index in [4.69, 9.17) is 5.26 Å². The van der Waals surface area contributed by atoms with E-state index in [1.54, 1.807) is 24.3 Å². The molecule has 0 atom stereocenters. The van der Waals surface area contributed by atoms with Gasteiger partial charge in [-0.25, -0.2) is 0 Å². The van der Waals surface area contributed by atoms with Crippen molar-refractivity contribution < 1.29 is 4.79 Å². The third-order valence-corrected chi connectivity index (χ3v) is 3.99. The minimum atomic E-state index is -0.593. The highest BCUT2D eigenvalue weighted by molar-refractivity contribution is 6.07. The predicted molar refractivity (Wildman–Crippen MR) is 113 cm³/mol. The fraction of sp³-hybridized carbons (Fsp3) is 0. The summed E-state index contributed by atoms with van der Waals surface area (Å²) in [5.41, 5.74) is 3.20. The molecule has 0 aliphatic carbocycles. The van der Waals surface area contributed by atoms with Gasteiger partial charge >= 0.3 is 0 Å². The minimum Gasteiger partial charge on any atom is -0.360 e. The van der Waals surface area contributed by atoms with Gasteiger partial charge in [0.15, 0.2) is 0 Å². The Bertz CT molecular complexity index is 1110. The molecule has 0 saturated heterocycles. The van der Waals surface area contributed by atoms with Gasteiger partial charge in [0.05, 0.1) is 11.3 Å². The zero-order chi connectivity index (χ0) is 20.5. The van der Waals surface area contributed by atoms with E-state index in [-0.39, 0.29) is 5.57 Å². The Hall–Kier alpha value is -4.55. The third-order valence-electron chi connectivity index (χ3n) is 3.99. The molecular weight excluding hydrogens is 362 g/mol. The molecule has 0 aromatic heterocycles. The number of anilines is 4. The fourth-order valence-corrected chi connectivity index (χ4v) is 2.52. The summed E-state index contributed by atoms with van der Waals surface area (Å²) >= 11 is 0. The van der Waals surface area contributed by atoms with Crippen LogP contribution in [-0.4, -0.2) is 5.91 Å². The lowest BCUT2D eigenvalue weighted by Crippen LogP contribution is -2.15. The Kier molecular flexibility index (Phi) is 6.23. The number of benzene rings is 3. The van der Waals surface area contributed by atoms with Crippen LogP contribution in [0.25, 0.3) is 0 Å². The second-order valence-electron chi connectivity index (χ2n) is 5.99. The maximum Gasteiger partial charge on any atom is 0.267 e. The van der Waals surface area contributed by atoms with Crippen molar-refractivity contribution in [3.8, 4) is 12.1 Å². The van der Waals surface area contributed by atoms with Gasteiger partial charge in [-0.3, -0.25) is 4.79 Å². The van der Waals surface area contributed by atoms with Crippen molar-refractivity contribution in [2.24, 2.45) is 0 Å². The number of carbonyl (C=O) groups excluding carboxylic acids is 1. The Morgan fingerprint density at radius 2 is 1.41 bits per heavy atom. The Balaban J connectivity index is 1.65. The molecule has 0 saturated carbocycles. The molecule has 3 aromatic carbocycles. The molecule has 0 radical (unpaired) electrons. The first kappa shape index (κ1) is 19.2. The second kappa shape index (κ2) is 9.40. The van der Waals surface area contributed by atoms with Crippen LogP contribution in [0.4, 0.5) is 22.7 Å². The summed E-state index contributed by atoms with van der Waals surface area (Å²) in [6, 6.07) is 27.7. The third kappa shape index (κ3) is 5.22. The molecule has 0 aliphatic rings. The molecule has 0 spiro atoms. The number of rotatable bonds is 6. The molecule has 0 aliphatic heterocycles. The van der Waals surface area contributed by atoms with Crippen molar-refractivity contribution in [3.05, 3.63) is 96.2 Å². The summed E-state index contributed by atoms with van der Waals surface area (Å²) < 4.78 is 0. The second-order valence-corrected chi connectivity index (χ2v) is 5.99. The van der Waals surface area contributed by atoms with Crippen LogP contribution in [-0.2, 0) is 4.79 Å². The van der Waals surface area contributed by atoms with Gasteiger partial charge in [-0.15, -0.1) is 0 Å². The summed E-state index contributed by atoms with van der Waals surface area (Å²) in [5.74, 6) is -0.593. The lowest BCUT2D eigenvalue weighted by atomic mass is 10.2. The number of amides is 1. The van der Waals surface area contributed by atoms with Gasteiger partial charge in [0, 0.05) is 23.3 Å². The summed E-state index contributed by atoms with van der Waals surface area (Å²) in [5, 5.41) is 27.2. The molecule has 6 heteroatoms. The van der Waals surface area contributed by atoms with Crippen LogP contribution in [0.15, 0.2) is 90.6 Å². The number of carbonyl (C=O) groups is 1. The fourth-order valence-electron chi connectivity index (χ4n) is 2.52. The standard InChI is InChI=1S/C23H17N5O/c24-14-17-6-4-5-9-22(17)28-23(29)18(15-25)16-26-19-10-12-21(13-11-19)27-20-7-2-1-3-8-20/h1-13,16,26-27H,(H,28,29)/b18-16-. The molecular formula is C23H17N5O. The van der Waals surface area contributed by atoms with E-state index in [9.17, 15) is 10.1 Å². The summed E-state index contributed by atoms with van der Waals surface area (Å²) in [6.07, 6.45) is 1.34. The van der Waals surface area contributed by atoms with Crippen molar-refractivity contribution in [1.29, 1.82) is 10.5 Å². The first-order chi connectivity index (χ1) is 14.2. The van der Waals surface area contributed by atoms with Crippen molar-refractivity contribution in [2.75, 3.05) is 16.0 Å². The van der Waals surface area contributed by atoms with E-state index in [1.807, 2.05) is 66.7 Å². The molecule has 3 rings (SSSR count). The average molecular weight is 379 g/mol. The smallest absolute Gasteiger partial charge is 0.267 e. The van der Waals surface area contributed by atoms with Gasteiger partial charge in [-0.2, -0.15) is 10.5 Å². The van der Waals surface area contributed by atoms with Gasteiger partial charge in [-0.1, -0.05) is 30.3 Å². The van der Waals surface area contributed by atoms with Crippen LogP contribution in [0.3, 0.4) is 0 Å². The van der Waals surface area contributed by atoms with Crippen molar-refractivity contribution in [3.63, 3.8) is 0 Å². The number of nitriles is 2. The van der Waals surface area contributed by atoms with E-state index in [1.165, 1.54) is 6.20 Å². The van der Waals surface area contributed by atoms with E-state index < -0.39 is 5.91 Å². The number of hydrogen-bond acceptors (Lipinski definition) is 5. The summed E-state index contributed by atoms with van der Waals surface area (Å²) in [4.78, 5) is 12.3. The van der Waals surface area contributed by atoms with Crippen LogP contribution >= 0.6 is 0 Å². The molecule has 140 valence electrons. The molecule has 3 aromatic rings. The quantitative estimate of drug-likeness (QED) is 0.423. The summed E-state index contributed by atoms with van der Waals surface area (Å²) in [7, 11) is 0. The minimum absolute atomic E-state index is 0.107. The lowest BCUT2D eigenvalue weighted by Gasteiger charge is -2.08. The van der Waals surface area contributed by atoms with E-state index in [0.717, 1.165) is 17.1 Å². The molecule has 0 fully saturated rings. The Morgan fingerprint density at radius 1 is 0.793 bits per heavy atom. The first-order valence-corrected chi connectivity index (χ1v) is 8.79. The van der Waals surface area contributed by atoms with Crippen LogP contribution < -0.4 is 16.0 Å². The zero-order valence-corrected chi connectivity index (χ0v) is 15.4. The normalized spacial score (nSPS) is 10.3. The highest BCUT2D eigenvalue weighted by atomic mass is 16.1. The molecule has 29 heavy (non-hydrogen) atoms. The predicted octanol–water partition coefficient (Wildman–Crippen LogP) is 4.76. The van der Waals surface area contributed by atoms with Gasteiger partial charge in [-0.05, 0) is 48.5 Å². The number of nitrogens with one attached hydrogen (secondary N) is 3. The number of hydrogen-bond donors (Lipinski definition) is 3. The molecule has 0 heterocycles. The first-order valence-electron chi connectivity index (χ1n) is 8.79. The van der Waals surface area contributed by atoms with Crippen LogP contribution in [0.5, 0.6) is 0 Å². The number of nitrogens with zero attached hydrogens (tertiary/aromatic N) is 2. The van der Waals surface area contributed by atoms with Crippen LogP contribution in [0.2, 0.25) is 0 Å². The molecule has 1 amide bonds. The number of para-hydroxylation sites is 2. The SMILES string of the molecule is N#C/C(=C/Nc1ccc(Nc2ccccc2)cc1)C(=O)Nc1ccccc1C#N. The van der Waals surface area contributed by atoms with E-state index in [2.05, 4.69) is 16.0 Å². The van der Waals surface area contributed by atoms with Crippen LogP contribution in [0, 0.1) is 22.7 Å². The van der Waals surface area contributed by atoms with E-state index >= 15 is 0 Å². The molecule has 3 N–H and O–H groups in total. The highest BCUT2D eigenvalue weighted by Crippen LogP contribution is 2.19. The van der Waals surface area contributed by atoms with Gasteiger partial charge in [0.2, 0.25) is 0 Å². The van der Waals surface area contributed by atoms with Crippen molar-refractivity contribution >= 4 is 28.7 Å². The Labute approximate surface area is 168 Å².